The number of hydrogen-bond donors (Lipinski definition) is 1. The zero-order valence-corrected chi connectivity index (χ0v) is 17.4. The Balaban J connectivity index is 4.16. The van der Waals surface area contributed by atoms with Crippen LogP contribution in [0.5, 0.6) is 0 Å². The molecule has 0 amide bonds. The first-order chi connectivity index (χ1) is 11.7. The van der Waals surface area contributed by atoms with Gasteiger partial charge in [-0.15, -0.1) is 0 Å². The maximum atomic E-state index is 12.4. The summed E-state index contributed by atoms with van der Waals surface area (Å²) in [5, 5.41) is 9.67. The van der Waals surface area contributed by atoms with Gasteiger partial charge < -0.3 is 19.3 Å². The summed E-state index contributed by atoms with van der Waals surface area (Å²) in [6.45, 7) is 17.5. The van der Waals surface area contributed by atoms with Crippen molar-refractivity contribution in [2.75, 3.05) is 26.4 Å². The minimum atomic E-state index is -0.933. The van der Waals surface area contributed by atoms with E-state index in [-0.39, 0.29) is 54.7 Å². The van der Waals surface area contributed by atoms with Gasteiger partial charge in [-0.3, -0.25) is 4.79 Å². The van der Waals surface area contributed by atoms with Crippen LogP contribution >= 0.6 is 0 Å². The third-order valence-corrected chi connectivity index (χ3v) is 3.68. The Bertz CT molecular complexity index is 470. The Morgan fingerprint density at radius 2 is 1.58 bits per heavy atom. The van der Waals surface area contributed by atoms with Crippen molar-refractivity contribution in [1.29, 1.82) is 0 Å². The highest BCUT2D eigenvalue weighted by Gasteiger charge is 2.35. The van der Waals surface area contributed by atoms with E-state index in [9.17, 15) is 14.7 Å². The molecule has 0 aliphatic rings. The van der Waals surface area contributed by atoms with Crippen LogP contribution in [-0.2, 0) is 23.8 Å². The normalized spacial score (nSPS) is 14.5. The lowest BCUT2D eigenvalue weighted by molar-refractivity contribution is -0.156. The average Bonchev–Trinajstić information content (AvgIpc) is 2.47. The molecule has 0 aliphatic carbocycles. The standard InChI is InChI=1S/C20H36O6/c1-14(2)17(22)26-13-15(21)12-24-9-10-25-18(23)16(20(6,7)8)11-19(3,4)5/h15-16,21H,1,9-13H2,2-8H3. The number of aliphatic hydroxyl groups is 1. The van der Waals surface area contributed by atoms with Crippen molar-refractivity contribution in [2.45, 2.75) is 61.0 Å². The summed E-state index contributed by atoms with van der Waals surface area (Å²) in [4.78, 5) is 23.6. The summed E-state index contributed by atoms with van der Waals surface area (Å²) in [5.74, 6) is -0.980. The minimum Gasteiger partial charge on any atom is -0.463 e. The van der Waals surface area contributed by atoms with E-state index >= 15 is 0 Å². The van der Waals surface area contributed by atoms with E-state index in [0.717, 1.165) is 6.42 Å². The summed E-state index contributed by atoms with van der Waals surface area (Å²) in [5.41, 5.74) is 0.113. The van der Waals surface area contributed by atoms with Gasteiger partial charge in [0.1, 0.15) is 19.3 Å². The van der Waals surface area contributed by atoms with Crippen LogP contribution in [0.1, 0.15) is 54.9 Å². The maximum Gasteiger partial charge on any atom is 0.333 e. The lowest BCUT2D eigenvalue weighted by Crippen LogP contribution is -2.34. The molecule has 0 rings (SSSR count). The summed E-state index contributed by atoms with van der Waals surface area (Å²) in [6, 6.07) is 0. The van der Waals surface area contributed by atoms with Crippen LogP contribution in [0.2, 0.25) is 0 Å². The number of carbonyl (C=O) groups excluding carboxylic acids is 2. The smallest absolute Gasteiger partial charge is 0.333 e. The molecule has 0 spiro atoms. The monoisotopic (exact) mass is 372 g/mol. The molecular formula is C20H36O6. The molecule has 0 radical (unpaired) electrons. The Kier molecular flexibility index (Phi) is 10.1. The number of ether oxygens (including phenoxy) is 3. The first-order valence-electron chi connectivity index (χ1n) is 8.99. The van der Waals surface area contributed by atoms with Gasteiger partial charge in [-0.25, -0.2) is 4.79 Å². The fraction of sp³-hybridized carbons (Fsp3) is 0.800. The van der Waals surface area contributed by atoms with Gasteiger partial charge in [-0.05, 0) is 24.2 Å². The molecule has 1 N–H and O–H groups in total. The van der Waals surface area contributed by atoms with E-state index in [1.807, 2.05) is 20.8 Å². The SMILES string of the molecule is C=C(C)C(=O)OCC(O)COCCOC(=O)C(CC(C)(C)C)C(C)(C)C. The average molecular weight is 373 g/mol. The topological polar surface area (TPSA) is 82.1 Å². The van der Waals surface area contributed by atoms with Crippen LogP contribution < -0.4 is 0 Å². The molecule has 0 saturated carbocycles. The molecule has 0 aromatic heterocycles. The van der Waals surface area contributed by atoms with Crippen LogP contribution in [-0.4, -0.2) is 49.6 Å². The highest BCUT2D eigenvalue weighted by Crippen LogP contribution is 2.36. The Labute approximate surface area is 157 Å². The molecule has 0 aromatic carbocycles. The summed E-state index contributed by atoms with van der Waals surface area (Å²) in [6.07, 6.45) is -0.194. The lowest BCUT2D eigenvalue weighted by atomic mass is 9.72. The molecule has 0 fully saturated rings. The predicted octanol–water partition coefficient (Wildman–Crippen LogP) is 3.12. The van der Waals surface area contributed by atoms with Gasteiger partial charge in [-0.1, -0.05) is 48.1 Å². The zero-order valence-electron chi connectivity index (χ0n) is 17.4. The molecular weight excluding hydrogens is 336 g/mol. The van der Waals surface area contributed by atoms with Crippen LogP contribution in [0.3, 0.4) is 0 Å². The Hall–Kier alpha value is -1.40. The minimum absolute atomic E-state index is 0.00822. The van der Waals surface area contributed by atoms with Crippen LogP contribution in [0.25, 0.3) is 0 Å². The second-order valence-electron chi connectivity index (χ2n) is 8.96. The predicted molar refractivity (Wildman–Crippen MR) is 101 cm³/mol. The van der Waals surface area contributed by atoms with Gasteiger partial charge in [-0.2, -0.15) is 0 Å². The van der Waals surface area contributed by atoms with Crippen LogP contribution in [0.15, 0.2) is 12.2 Å². The highest BCUT2D eigenvalue weighted by atomic mass is 16.6. The van der Waals surface area contributed by atoms with E-state index in [2.05, 4.69) is 27.4 Å². The molecule has 6 nitrogen and oxygen atoms in total. The van der Waals surface area contributed by atoms with Crippen molar-refractivity contribution in [3.63, 3.8) is 0 Å². The first-order valence-corrected chi connectivity index (χ1v) is 8.99. The Morgan fingerprint density at radius 1 is 1.00 bits per heavy atom. The van der Waals surface area contributed by atoms with E-state index < -0.39 is 12.1 Å². The van der Waals surface area contributed by atoms with Crippen molar-refractivity contribution in [2.24, 2.45) is 16.7 Å². The zero-order chi connectivity index (χ0) is 20.5. The number of carbonyl (C=O) groups is 2. The number of aliphatic hydroxyl groups excluding tert-OH is 1. The molecule has 2 unspecified atom stereocenters. The largest absolute Gasteiger partial charge is 0.463 e. The Morgan fingerprint density at radius 3 is 2.04 bits per heavy atom. The molecule has 2 atom stereocenters. The molecule has 0 aromatic rings. The third-order valence-electron chi connectivity index (χ3n) is 3.68. The van der Waals surface area contributed by atoms with E-state index in [0.29, 0.717) is 0 Å². The van der Waals surface area contributed by atoms with E-state index in [1.54, 1.807) is 0 Å². The molecule has 0 bridgehead atoms. The van der Waals surface area contributed by atoms with E-state index in [1.165, 1.54) is 6.92 Å². The quantitative estimate of drug-likeness (QED) is 0.360. The van der Waals surface area contributed by atoms with E-state index in [4.69, 9.17) is 14.2 Å². The first kappa shape index (κ1) is 24.6. The van der Waals surface area contributed by atoms with Gasteiger partial charge >= 0.3 is 11.9 Å². The van der Waals surface area contributed by atoms with Gasteiger partial charge in [0.05, 0.1) is 19.1 Å². The van der Waals surface area contributed by atoms with Crippen molar-refractivity contribution in [3.05, 3.63) is 12.2 Å². The molecule has 152 valence electrons. The fourth-order valence-corrected chi connectivity index (χ4v) is 2.22. The highest BCUT2D eigenvalue weighted by molar-refractivity contribution is 5.86. The van der Waals surface area contributed by atoms with Crippen molar-refractivity contribution in [3.8, 4) is 0 Å². The van der Waals surface area contributed by atoms with Crippen LogP contribution in [0.4, 0.5) is 0 Å². The second-order valence-corrected chi connectivity index (χ2v) is 8.96. The van der Waals surface area contributed by atoms with Gasteiger partial charge in [0.25, 0.3) is 0 Å². The van der Waals surface area contributed by atoms with Crippen LogP contribution in [0, 0.1) is 16.7 Å². The van der Waals surface area contributed by atoms with Gasteiger partial charge in [0.15, 0.2) is 0 Å². The fourth-order valence-electron chi connectivity index (χ4n) is 2.22. The van der Waals surface area contributed by atoms with Crippen molar-refractivity contribution >= 4 is 11.9 Å². The maximum absolute atomic E-state index is 12.4. The molecule has 26 heavy (non-hydrogen) atoms. The summed E-state index contributed by atoms with van der Waals surface area (Å²) < 4.78 is 15.4. The van der Waals surface area contributed by atoms with Gasteiger partial charge in [0, 0.05) is 5.57 Å². The number of hydrogen-bond acceptors (Lipinski definition) is 6. The number of esters is 2. The number of rotatable bonds is 10. The molecule has 0 aliphatic heterocycles. The lowest BCUT2D eigenvalue weighted by Gasteiger charge is -2.33. The molecule has 0 saturated heterocycles. The van der Waals surface area contributed by atoms with Gasteiger partial charge in [0.2, 0.25) is 0 Å². The summed E-state index contributed by atoms with van der Waals surface area (Å²) in [7, 11) is 0. The summed E-state index contributed by atoms with van der Waals surface area (Å²) >= 11 is 0. The van der Waals surface area contributed by atoms with Crippen molar-refractivity contribution in [1.82, 2.24) is 0 Å². The van der Waals surface area contributed by atoms with Crippen molar-refractivity contribution < 1.29 is 28.9 Å². The molecule has 6 heteroatoms. The third kappa shape index (κ3) is 11.3. The molecule has 0 heterocycles. The second kappa shape index (κ2) is 10.7.